The molecule has 146 valence electrons. The van der Waals surface area contributed by atoms with Crippen LogP contribution in [0.1, 0.15) is 10.4 Å². The molecule has 3 aromatic carbocycles. The summed E-state index contributed by atoms with van der Waals surface area (Å²) in [6, 6.07) is 19.8. The van der Waals surface area contributed by atoms with Crippen LogP contribution in [0.2, 0.25) is 0 Å². The van der Waals surface area contributed by atoms with Gasteiger partial charge in [-0.25, -0.2) is 0 Å². The van der Waals surface area contributed by atoms with Crippen LogP contribution in [0, 0.1) is 13.7 Å². The van der Waals surface area contributed by atoms with Crippen molar-refractivity contribution in [1.29, 1.82) is 0 Å². The van der Waals surface area contributed by atoms with Gasteiger partial charge in [-0.1, -0.05) is 6.07 Å². The van der Waals surface area contributed by atoms with Crippen LogP contribution < -0.4 is 15.4 Å². The second kappa shape index (κ2) is 9.43. The van der Waals surface area contributed by atoms with Crippen molar-refractivity contribution in [3.63, 3.8) is 0 Å². The molecule has 1 amide bonds. The van der Waals surface area contributed by atoms with Crippen LogP contribution in [0.4, 0.5) is 17.1 Å². The summed E-state index contributed by atoms with van der Waals surface area (Å²) in [5.41, 5.74) is 1.43. The summed E-state index contributed by atoms with van der Waals surface area (Å²) in [7, 11) is 0. The normalized spacial score (nSPS) is 10.1. The number of anilines is 2. The molecule has 3 rings (SSSR count). The molecular weight excluding hydrogens is 505 g/mol. The van der Waals surface area contributed by atoms with E-state index in [0.717, 1.165) is 9.26 Å². The molecule has 0 bridgehead atoms. The quantitative estimate of drug-likeness (QED) is 0.208. The Hall–Kier alpha value is -3.05. The molecule has 29 heavy (non-hydrogen) atoms. The number of ether oxygens (including phenoxy) is 1. The van der Waals surface area contributed by atoms with E-state index in [2.05, 4.69) is 33.2 Å². The fourth-order valence-electron chi connectivity index (χ4n) is 2.36. The third kappa shape index (κ3) is 5.96. The van der Waals surface area contributed by atoms with Gasteiger partial charge in [-0.3, -0.25) is 14.9 Å². The number of amides is 1. The number of benzene rings is 3. The van der Waals surface area contributed by atoms with E-state index in [-0.39, 0.29) is 10.9 Å². The van der Waals surface area contributed by atoms with Crippen LogP contribution in [-0.4, -0.2) is 16.0 Å². The summed E-state index contributed by atoms with van der Waals surface area (Å²) in [5, 5.41) is 16.6. The van der Waals surface area contributed by atoms with Gasteiger partial charge in [-0.2, -0.15) is 0 Å². The SMILES string of the molecule is O=C(Nc1cccc([N+](=O)[O-])c1)c1ccc(OC(=S)Nc2ccc(I)cc2)cc1. The molecule has 0 aliphatic rings. The van der Waals surface area contributed by atoms with E-state index < -0.39 is 10.8 Å². The van der Waals surface area contributed by atoms with Crippen molar-refractivity contribution in [2.24, 2.45) is 0 Å². The number of halogens is 1. The third-order valence-electron chi connectivity index (χ3n) is 3.73. The number of nitro groups is 1. The molecule has 0 spiro atoms. The van der Waals surface area contributed by atoms with Crippen molar-refractivity contribution in [1.82, 2.24) is 0 Å². The highest BCUT2D eigenvalue weighted by molar-refractivity contribution is 14.1. The fourth-order valence-corrected chi connectivity index (χ4v) is 2.93. The first kappa shape index (κ1) is 20.7. The standard InChI is InChI=1S/C20H14IN3O4S/c21-14-6-8-15(9-7-14)23-20(29)28-18-10-4-13(5-11-18)19(25)22-16-2-1-3-17(12-16)24(26)27/h1-12H,(H,22,25)(H,23,29). The number of hydrogen-bond acceptors (Lipinski definition) is 5. The van der Waals surface area contributed by atoms with Gasteiger partial charge in [0.15, 0.2) is 0 Å². The van der Waals surface area contributed by atoms with Gasteiger partial charge < -0.3 is 15.4 Å². The Morgan fingerprint density at radius 3 is 2.31 bits per heavy atom. The van der Waals surface area contributed by atoms with Gasteiger partial charge in [0, 0.05) is 32.6 Å². The molecule has 3 aromatic rings. The predicted molar refractivity (Wildman–Crippen MR) is 123 cm³/mol. The van der Waals surface area contributed by atoms with Gasteiger partial charge in [-0.05, 0) is 89.4 Å². The van der Waals surface area contributed by atoms with E-state index >= 15 is 0 Å². The van der Waals surface area contributed by atoms with Crippen molar-refractivity contribution >= 4 is 63.0 Å². The van der Waals surface area contributed by atoms with E-state index in [9.17, 15) is 14.9 Å². The summed E-state index contributed by atoms with van der Waals surface area (Å²) in [6.45, 7) is 0. The summed E-state index contributed by atoms with van der Waals surface area (Å²) in [6.07, 6.45) is 0. The Kier molecular flexibility index (Phi) is 6.73. The van der Waals surface area contributed by atoms with Gasteiger partial charge in [0.1, 0.15) is 5.75 Å². The summed E-state index contributed by atoms with van der Waals surface area (Å²) >= 11 is 7.40. The molecule has 2 N–H and O–H groups in total. The first-order valence-electron chi connectivity index (χ1n) is 8.31. The Labute approximate surface area is 185 Å². The highest BCUT2D eigenvalue weighted by Crippen LogP contribution is 2.19. The summed E-state index contributed by atoms with van der Waals surface area (Å²) in [5.74, 6) is 0.0801. The molecule has 0 radical (unpaired) electrons. The lowest BCUT2D eigenvalue weighted by Gasteiger charge is -2.10. The van der Waals surface area contributed by atoms with E-state index in [1.807, 2.05) is 24.3 Å². The van der Waals surface area contributed by atoms with E-state index in [1.54, 1.807) is 30.3 Å². The van der Waals surface area contributed by atoms with Crippen molar-refractivity contribution in [3.8, 4) is 5.75 Å². The predicted octanol–water partition coefficient (Wildman–Crippen LogP) is 5.23. The number of nitro benzene ring substituents is 1. The molecule has 0 aromatic heterocycles. The lowest BCUT2D eigenvalue weighted by molar-refractivity contribution is -0.384. The van der Waals surface area contributed by atoms with Crippen molar-refractivity contribution in [3.05, 3.63) is 92.0 Å². The fraction of sp³-hybridized carbons (Fsp3) is 0. The zero-order chi connectivity index (χ0) is 20.8. The van der Waals surface area contributed by atoms with E-state index in [0.29, 0.717) is 17.0 Å². The first-order chi connectivity index (χ1) is 13.9. The second-order valence-electron chi connectivity index (χ2n) is 5.81. The monoisotopic (exact) mass is 519 g/mol. The van der Waals surface area contributed by atoms with Crippen LogP contribution >= 0.6 is 34.8 Å². The maximum Gasteiger partial charge on any atom is 0.271 e. The van der Waals surface area contributed by atoms with Crippen molar-refractivity contribution in [2.45, 2.75) is 0 Å². The van der Waals surface area contributed by atoms with Crippen LogP contribution in [0.3, 0.4) is 0 Å². The summed E-state index contributed by atoms with van der Waals surface area (Å²) in [4.78, 5) is 22.6. The minimum atomic E-state index is -0.519. The highest BCUT2D eigenvalue weighted by atomic mass is 127. The maximum absolute atomic E-state index is 12.3. The number of nitrogens with one attached hydrogen (secondary N) is 2. The Balaban J connectivity index is 1.59. The maximum atomic E-state index is 12.3. The topological polar surface area (TPSA) is 93.5 Å². The third-order valence-corrected chi connectivity index (χ3v) is 4.64. The van der Waals surface area contributed by atoms with Crippen molar-refractivity contribution in [2.75, 3.05) is 10.6 Å². The van der Waals surface area contributed by atoms with E-state index in [4.69, 9.17) is 17.0 Å². The minimum absolute atomic E-state index is 0.0966. The smallest absolute Gasteiger partial charge is 0.271 e. The van der Waals surface area contributed by atoms with Crippen LogP contribution in [0.15, 0.2) is 72.8 Å². The van der Waals surface area contributed by atoms with Crippen LogP contribution in [-0.2, 0) is 0 Å². The van der Waals surface area contributed by atoms with Gasteiger partial charge in [-0.15, -0.1) is 0 Å². The number of carbonyl (C=O) groups is 1. The van der Waals surface area contributed by atoms with E-state index in [1.165, 1.54) is 18.2 Å². The minimum Gasteiger partial charge on any atom is -0.432 e. The molecular formula is C20H14IN3O4S. The molecule has 0 aliphatic heterocycles. The molecule has 0 aliphatic carbocycles. The number of hydrogen-bond donors (Lipinski definition) is 2. The van der Waals surface area contributed by atoms with Gasteiger partial charge in [0.2, 0.25) is 0 Å². The molecule has 0 fully saturated rings. The Morgan fingerprint density at radius 2 is 1.66 bits per heavy atom. The molecule has 7 nitrogen and oxygen atoms in total. The number of rotatable bonds is 5. The Bertz CT molecular complexity index is 1060. The highest BCUT2D eigenvalue weighted by Gasteiger charge is 2.10. The van der Waals surface area contributed by atoms with Crippen LogP contribution in [0.25, 0.3) is 0 Å². The lowest BCUT2D eigenvalue weighted by atomic mass is 10.2. The van der Waals surface area contributed by atoms with Gasteiger partial charge >= 0.3 is 0 Å². The Morgan fingerprint density at radius 1 is 0.966 bits per heavy atom. The zero-order valence-electron chi connectivity index (χ0n) is 14.8. The molecule has 0 heterocycles. The molecule has 0 saturated carbocycles. The number of non-ortho nitro benzene ring substituents is 1. The number of carbonyl (C=O) groups excluding carboxylic acids is 1. The number of thiocarbonyl (C=S) groups is 1. The first-order valence-corrected chi connectivity index (χ1v) is 9.80. The molecule has 0 unspecified atom stereocenters. The van der Waals surface area contributed by atoms with Crippen LogP contribution in [0.5, 0.6) is 5.75 Å². The largest absolute Gasteiger partial charge is 0.432 e. The average molecular weight is 519 g/mol. The number of nitrogens with zero attached hydrogens (tertiary/aromatic N) is 1. The second-order valence-corrected chi connectivity index (χ2v) is 7.42. The molecule has 9 heteroatoms. The lowest BCUT2D eigenvalue weighted by Crippen LogP contribution is -2.16. The van der Waals surface area contributed by atoms with Gasteiger partial charge in [0.25, 0.3) is 16.8 Å². The van der Waals surface area contributed by atoms with Crippen molar-refractivity contribution < 1.29 is 14.5 Å². The summed E-state index contributed by atoms with van der Waals surface area (Å²) < 4.78 is 6.67. The average Bonchev–Trinajstić information content (AvgIpc) is 2.70. The molecule has 0 saturated heterocycles. The van der Waals surface area contributed by atoms with Gasteiger partial charge in [0.05, 0.1) is 4.92 Å². The zero-order valence-corrected chi connectivity index (χ0v) is 17.8. The molecule has 0 atom stereocenters.